The average molecular weight is 350 g/mol. The molecular weight excluding hydrogens is 324 g/mol. The van der Waals surface area contributed by atoms with Gasteiger partial charge in [0.1, 0.15) is 0 Å². The standard InChI is InChI=1S/C20H26N6/c1-21-20(25(3)16-19-10-6-12-24(19)2)22-14-17-8-4-5-9-18(17)15-26-13-7-11-23-26/h4-13H,14-16H2,1-3H3,(H,21,22). The van der Waals surface area contributed by atoms with Crippen LogP contribution in [0.4, 0.5) is 0 Å². The first-order chi connectivity index (χ1) is 12.7. The van der Waals surface area contributed by atoms with Crippen molar-refractivity contribution in [2.24, 2.45) is 12.0 Å². The van der Waals surface area contributed by atoms with E-state index in [4.69, 9.17) is 0 Å². The molecule has 0 aliphatic heterocycles. The Morgan fingerprint density at radius 2 is 1.92 bits per heavy atom. The van der Waals surface area contributed by atoms with Gasteiger partial charge in [0.25, 0.3) is 0 Å². The van der Waals surface area contributed by atoms with Crippen LogP contribution in [0.25, 0.3) is 0 Å². The van der Waals surface area contributed by atoms with E-state index >= 15 is 0 Å². The molecule has 0 amide bonds. The van der Waals surface area contributed by atoms with Crippen molar-refractivity contribution in [3.63, 3.8) is 0 Å². The van der Waals surface area contributed by atoms with Crippen molar-refractivity contribution in [2.75, 3.05) is 14.1 Å². The molecule has 26 heavy (non-hydrogen) atoms. The lowest BCUT2D eigenvalue weighted by Crippen LogP contribution is -2.38. The van der Waals surface area contributed by atoms with E-state index < -0.39 is 0 Å². The molecule has 3 aromatic rings. The Morgan fingerprint density at radius 1 is 1.12 bits per heavy atom. The number of aliphatic imine (C=N–C) groups is 1. The summed E-state index contributed by atoms with van der Waals surface area (Å²) in [6.07, 6.45) is 5.85. The third kappa shape index (κ3) is 4.33. The van der Waals surface area contributed by atoms with Gasteiger partial charge in [-0.3, -0.25) is 9.67 Å². The lowest BCUT2D eigenvalue weighted by molar-refractivity contribution is 0.461. The van der Waals surface area contributed by atoms with Crippen LogP contribution in [0.2, 0.25) is 0 Å². The zero-order valence-electron chi connectivity index (χ0n) is 15.6. The van der Waals surface area contributed by atoms with Crippen LogP contribution in [0.15, 0.2) is 66.0 Å². The third-order valence-electron chi connectivity index (χ3n) is 4.47. The van der Waals surface area contributed by atoms with Crippen molar-refractivity contribution in [1.82, 2.24) is 24.6 Å². The van der Waals surface area contributed by atoms with E-state index in [0.29, 0.717) is 0 Å². The minimum Gasteiger partial charge on any atom is -0.353 e. The molecule has 6 heteroatoms. The molecule has 0 fully saturated rings. The Labute approximate surface area is 154 Å². The van der Waals surface area contributed by atoms with Gasteiger partial charge in [-0.25, -0.2) is 0 Å². The quantitative estimate of drug-likeness (QED) is 0.549. The molecule has 0 radical (unpaired) electrons. The highest BCUT2D eigenvalue weighted by molar-refractivity contribution is 5.79. The van der Waals surface area contributed by atoms with Crippen LogP contribution < -0.4 is 5.32 Å². The molecule has 0 unspecified atom stereocenters. The maximum atomic E-state index is 4.42. The average Bonchev–Trinajstić information content (AvgIpc) is 3.29. The number of nitrogens with zero attached hydrogens (tertiary/aromatic N) is 5. The summed E-state index contributed by atoms with van der Waals surface area (Å²) in [5, 5.41) is 7.78. The number of rotatable bonds is 6. The van der Waals surface area contributed by atoms with Crippen LogP contribution in [-0.2, 0) is 26.7 Å². The van der Waals surface area contributed by atoms with Gasteiger partial charge in [0.15, 0.2) is 5.96 Å². The molecule has 0 atom stereocenters. The molecule has 2 heterocycles. The van der Waals surface area contributed by atoms with Crippen molar-refractivity contribution in [1.29, 1.82) is 0 Å². The van der Waals surface area contributed by atoms with E-state index in [2.05, 4.69) is 81.6 Å². The van der Waals surface area contributed by atoms with Gasteiger partial charge in [-0.1, -0.05) is 24.3 Å². The summed E-state index contributed by atoms with van der Waals surface area (Å²) >= 11 is 0. The van der Waals surface area contributed by atoms with Gasteiger partial charge in [-0.15, -0.1) is 0 Å². The Kier molecular flexibility index (Phi) is 5.73. The minimum absolute atomic E-state index is 0.724. The second-order valence-electron chi connectivity index (χ2n) is 6.34. The van der Waals surface area contributed by atoms with E-state index in [0.717, 1.165) is 25.6 Å². The maximum absolute atomic E-state index is 4.42. The number of nitrogens with one attached hydrogen (secondary N) is 1. The van der Waals surface area contributed by atoms with Gasteiger partial charge in [-0.05, 0) is 29.3 Å². The maximum Gasteiger partial charge on any atom is 0.194 e. The molecule has 1 aromatic carbocycles. The van der Waals surface area contributed by atoms with Gasteiger partial charge in [0.05, 0.1) is 13.1 Å². The lowest BCUT2D eigenvalue weighted by atomic mass is 10.1. The Bertz CT molecular complexity index is 847. The first kappa shape index (κ1) is 17.8. The fourth-order valence-electron chi connectivity index (χ4n) is 2.99. The van der Waals surface area contributed by atoms with E-state index in [1.54, 1.807) is 6.20 Å². The molecule has 2 aromatic heterocycles. The number of aryl methyl sites for hydroxylation is 1. The monoisotopic (exact) mass is 350 g/mol. The summed E-state index contributed by atoms with van der Waals surface area (Å²) in [6, 6.07) is 14.6. The van der Waals surface area contributed by atoms with Gasteiger partial charge >= 0.3 is 0 Å². The topological polar surface area (TPSA) is 50.4 Å². The largest absolute Gasteiger partial charge is 0.353 e. The number of benzene rings is 1. The van der Waals surface area contributed by atoms with Gasteiger partial charge in [0, 0.05) is 52.0 Å². The Hall–Kier alpha value is -3.02. The highest BCUT2D eigenvalue weighted by Crippen LogP contribution is 2.11. The molecule has 0 bridgehead atoms. The van der Waals surface area contributed by atoms with Crippen LogP contribution in [-0.4, -0.2) is 39.3 Å². The van der Waals surface area contributed by atoms with E-state index in [1.165, 1.54) is 16.8 Å². The predicted octanol–water partition coefficient (Wildman–Crippen LogP) is 2.48. The molecule has 1 N–H and O–H groups in total. The first-order valence-corrected chi connectivity index (χ1v) is 8.73. The minimum atomic E-state index is 0.724. The zero-order chi connectivity index (χ0) is 18.4. The molecule has 0 spiro atoms. The van der Waals surface area contributed by atoms with E-state index in [-0.39, 0.29) is 0 Å². The normalized spacial score (nSPS) is 11.6. The molecule has 0 saturated heterocycles. The Balaban J connectivity index is 1.64. The zero-order valence-corrected chi connectivity index (χ0v) is 15.6. The van der Waals surface area contributed by atoms with Crippen molar-refractivity contribution in [3.8, 4) is 0 Å². The molecule has 3 rings (SSSR count). The third-order valence-corrected chi connectivity index (χ3v) is 4.47. The number of hydrogen-bond acceptors (Lipinski definition) is 2. The smallest absolute Gasteiger partial charge is 0.194 e. The fraction of sp³-hybridized carbons (Fsp3) is 0.300. The number of guanidine groups is 1. The van der Waals surface area contributed by atoms with Crippen LogP contribution in [0.3, 0.4) is 0 Å². The fourth-order valence-corrected chi connectivity index (χ4v) is 2.99. The van der Waals surface area contributed by atoms with Crippen LogP contribution in [0.1, 0.15) is 16.8 Å². The van der Waals surface area contributed by atoms with Crippen molar-refractivity contribution < 1.29 is 0 Å². The highest BCUT2D eigenvalue weighted by atomic mass is 15.3. The van der Waals surface area contributed by atoms with Crippen LogP contribution >= 0.6 is 0 Å². The predicted molar refractivity (Wildman–Crippen MR) is 105 cm³/mol. The second kappa shape index (κ2) is 8.38. The first-order valence-electron chi connectivity index (χ1n) is 8.73. The van der Waals surface area contributed by atoms with Crippen molar-refractivity contribution in [2.45, 2.75) is 19.6 Å². The van der Waals surface area contributed by atoms with Gasteiger partial charge < -0.3 is 14.8 Å². The SMILES string of the molecule is CN=C(NCc1ccccc1Cn1cccn1)N(C)Cc1cccn1C. The second-order valence-corrected chi connectivity index (χ2v) is 6.34. The molecular formula is C20H26N6. The van der Waals surface area contributed by atoms with E-state index in [1.807, 2.05) is 24.0 Å². The van der Waals surface area contributed by atoms with Gasteiger partial charge in [0.2, 0.25) is 0 Å². The molecule has 6 nitrogen and oxygen atoms in total. The van der Waals surface area contributed by atoms with Crippen molar-refractivity contribution >= 4 is 5.96 Å². The molecule has 0 aliphatic carbocycles. The summed E-state index contributed by atoms with van der Waals surface area (Å²) in [6.45, 7) is 2.29. The number of hydrogen-bond donors (Lipinski definition) is 1. The van der Waals surface area contributed by atoms with Crippen LogP contribution in [0.5, 0.6) is 0 Å². The summed E-state index contributed by atoms with van der Waals surface area (Å²) in [7, 11) is 5.93. The summed E-state index contributed by atoms with van der Waals surface area (Å²) < 4.78 is 4.07. The summed E-state index contributed by atoms with van der Waals surface area (Å²) in [5.41, 5.74) is 3.75. The highest BCUT2D eigenvalue weighted by Gasteiger charge is 2.10. The lowest BCUT2D eigenvalue weighted by Gasteiger charge is -2.23. The molecule has 0 aliphatic rings. The van der Waals surface area contributed by atoms with Crippen molar-refractivity contribution in [3.05, 3.63) is 77.9 Å². The molecule has 136 valence electrons. The summed E-state index contributed by atoms with van der Waals surface area (Å²) in [4.78, 5) is 6.55. The summed E-state index contributed by atoms with van der Waals surface area (Å²) in [5.74, 6) is 0.875. The van der Waals surface area contributed by atoms with Crippen LogP contribution in [0, 0.1) is 0 Å². The molecule has 0 saturated carbocycles. The van der Waals surface area contributed by atoms with Gasteiger partial charge in [-0.2, -0.15) is 5.10 Å². The van der Waals surface area contributed by atoms with E-state index in [9.17, 15) is 0 Å². The Morgan fingerprint density at radius 3 is 2.58 bits per heavy atom. The number of aromatic nitrogens is 3.